The van der Waals surface area contributed by atoms with E-state index in [1.165, 1.54) is 0 Å². The first-order valence-electron chi connectivity index (χ1n) is 7.25. The van der Waals surface area contributed by atoms with Crippen molar-refractivity contribution in [1.82, 2.24) is 4.90 Å². The van der Waals surface area contributed by atoms with Crippen molar-refractivity contribution in [2.75, 3.05) is 19.7 Å². The molecule has 0 radical (unpaired) electrons. The van der Waals surface area contributed by atoms with Crippen molar-refractivity contribution in [2.45, 2.75) is 64.6 Å². The Morgan fingerprint density at radius 2 is 2.10 bits per heavy atom. The molecule has 0 spiro atoms. The van der Waals surface area contributed by atoms with E-state index in [-0.39, 0.29) is 11.7 Å². The molecule has 20 heavy (non-hydrogen) atoms. The Kier molecular flexibility index (Phi) is 5.82. The van der Waals surface area contributed by atoms with Gasteiger partial charge in [-0.15, -0.1) is 0 Å². The molecule has 1 rings (SSSR count). The summed E-state index contributed by atoms with van der Waals surface area (Å²) in [5.41, 5.74) is -0.752. The molecule has 114 valence electrons. The topological polar surface area (TPSA) is 62.6 Å². The number of carbonyl (C=O) groups excluding carboxylic acids is 1. The van der Waals surface area contributed by atoms with Crippen molar-refractivity contribution >= 4 is 6.09 Å². The van der Waals surface area contributed by atoms with Gasteiger partial charge >= 0.3 is 6.09 Å². The van der Waals surface area contributed by atoms with E-state index in [0.717, 1.165) is 19.3 Å². The molecule has 0 aliphatic carbocycles. The third kappa shape index (κ3) is 5.79. The molecule has 1 atom stereocenters. The molecule has 5 nitrogen and oxygen atoms in total. The number of unbranched alkanes of at least 4 members (excludes halogenated alkanes) is 2. The number of ether oxygens (including phenoxy) is 2. The summed E-state index contributed by atoms with van der Waals surface area (Å²) in [6, 6.07) is 2.12. The van der Waals surface area contributed by atoms with Gasteiger partial charge in [-0.3, -0.25) is 0 Å². The maximum Gasteiger partial charge on any atom is 0.410 e. The Hall–Kier alpha value is -1.28. The minimum Gasteiger partial charge on any atom is -0.444 e. The van der Waals surface area contributed by atoms with Gasteiger partial charge in [0.15, 0.2) is 0 Å². The lowest BCUT2D eigenvalue weighted by Gasteiger charge is -2.27. The smallest absolute Gasteiger partial charge is 0.410 e. The van der Waals surface area contributed by atoms with Crippen LogP contribution in [0.15, 0.2) is 0 Å². The second-order valence-electron chi connectivity index (χ2n) is 6.57. The highest BCUT2D eigenvalue weighted by Crippen LogP contribution is 2.26. The van der Waals surface area contributed by atoms with Gasteiger partial charge in [0.05, 0.1) is 18.2 Å². The molecule has 0 aromatic rings. The van der Waals surface area contributed by atoms with E-state index in [2.05, 4.69) is 6.07 Å². The van der Waals surface area contributed by atoms with Crippen LogP contribution in [0, 0.1) is 11.3 Å². The van der Waals surface area contributed by atoms with Crippen LogP contribution in [-0.4, -0.2) is 41.9 Å². The summed E-state index contributed by atoms with van der Waals surface area (Å²) in [4.78, 5) is 13.7. The Labute approximate surface area is 121 Å². The average Bonchev–Trinajstić information content (AvgIpc) is 2.70. The van der Waals surface area contributed by atoms with Crippen molar-refractivity contribution in [3.05, 3.63) is 0 Å². The van der Waals surface area contributed by atoms with Gasteiger partial charge in [0.2, 0.25) is 0 Å². The number of likely N-dealkylation sites (tertiary alicyclic amines) is 1. The summed E-state index contributed by atoms with van der Waals surface area (Å²) >= 11 is 0. The molecule has 1 aliphatic rings. The first-order chi connectivity index (χ1) is 9.26. The third-order valence-electron chi connectivity index (χ3n) is 3.22. The second kappa shape index (κ2) is 6.94. The van der Waals surface area contributed by atoms with Gasteiger partial charge in [-0.1, -0.05) is 0 Å². The molecule has 1 saturated heterocycles. The SMILES string of the molecule is CC(C)(C)OC(=O)N1CCC(C)(OCCCCC#N)C1. The molecular formula is C15H26N2O3. The monoisotopic (exact) mass is 282 g/mol. The summed E-state index contributed by atoms with van der Waals surface area (Å²) in [5, 5.41) is 8.47. The van der Waals surface area contributed by atoms with Gasteiger partial charge in [0, 0.05) is 19.6 Å². The molecule has 0 saturated carbocycles. The minimum atomic E-state index is -0.464. The fourth-order valence-electron chi connectivity index (χ4n) is 2.16. The van der Waals surface area contributed by atoms with E-state index in [4.69, 9.17) is 14.7 Å². The Morgan fingerprint density at radius 3 is 2.70 bits per heavy atom. The Morgan fingerprint density at radius 1 is 1.40 bits per heavy atom. The molecule has 0 bridgehead atoms. The maximum atomic E-state index is 12.0. The predicted molar refractivity (Wildman–Crippen MR) is 76.2 cm³/mol. The van der Waals surface area contributed by atoms with Crippen molar-refractivity contribution in [2.24, 2.45) is 0 Å². The highest BCUT2D eigenvalue weighted by atomic mass is 16.6. The molecule has 5 heteroatoms. The molecule has 0 aromatic heterocycles. The van der Waals surface area contributed by atoms with Crippen molar-refractivity contribution in [1.29, 1.82) is 5.26 Å². The molecule has 1 fully saturated rings. The first-order valence-corrected chi connectivity index (χ1v) is 7.25. The van der Waals surface area contributed by atoms with E-state index in [0.29, 0.717) is 26.1 Å². The summed E-state index contributed by atoms with van der Waals surface area (Å²) in [7, 11) is 0. The van der Waals surface area contributed by atoms with Crippen molar-refractivity contribution in [3.63, 3.8) is 0 Å². The summed E-state index contributed by atoms with van der Waals surface area (Å²) in [6.45, 7) is 9.51. The van der Waals surface area contributed by atoms with Crippen LogP contribution < -0.4 is 0 Å². The first kappa shape index (κ1) is 16.8. The van der Waals surface area contributed by atoms with Gasteiger partial charge in [0.1, 0.15) is 5.60 Å². The Balaban J connectivity index is 2.34. The van der Waals surface area contributed by atoms with E-state index in [1.54, 1.807) is 4.90 Å². The fourth-order valence-corrected chi connectivity index (χ4v) is 2.16. The highest BCUT2D eigenvalue weighted by Gasteiger charge is 2.38. The lowest BCUT2D eigenvalue weighted by Crippen LogP contribution is -2.39. The van der Waals surface area contributed by atoms with Crippen LogP contribution in [0.25, 0.3) is 0 Å². The number of rotatable bonds is 5. The largest absolute Gasteiger partial charge is 0.444 e. The van der Waals surface area contributed by atoms with Crippen LogP contribution in [-0.2, 0) is 9.47 Å². The van der Waals surface area contributed by atoms with Crippen LogP contribution >= 0.6 is 0 Å². The zero-order valence-electron chi connectivity index (χ0n) is 13.1. The van der Waals surface area contributed by atoms with Crippen molar-refractivity contribution < 1.29 is 14.3 Å². The van der Waals surface area contributed by atoms with E-state index < -0.39 is 5.60 Å². The van der Waals surface area contributed by atoms with Gasteiger partial charge in [-0.25, -0.2) is 4.79 Å². The zero-order chi connectivity index (χ0) is 15.2. The zero-order valence-corrected chi connectivity index (χ0v) is 13.1. The third-order valence-corrected chi connectivity index (χ3v) is 3.22. The number of nitrogens with zero attached hydrogens (tertiary/aromatic N) is 2. The highest BCUT2D eigenvalue weighted by molar-refractivity contribution is 5.68. The fraction of sp³-hybridized carbons (Fsp3) is 0.867. The van der Waals surface area contributed by atoms with E-state index in [9.17, 15) is 4.79 Å². The molecule has 0 N–H and O–H groups in total. The van der Waals surface area contributed by atoms with Crippen LogP contribution in [0.2, 0.25) is 0 Å². The van der Waals surface area contributed by atoms with E-state index >= 15 is 0 Å². The number of amides is 1. The lowest BCUT2D eigenvalue weighted by molar-refractivity contribution is -0.0284. The van der Waals surface area contributed by atoms with Gasteiger partial charge < -0.3 is 14.4 Å². The maximum absolute atomic E-state index is 12.0. The van der Waals surface area contributed by atoms with E-state index in [1.807, 2.05) is 27.7 Å². The molecule has 1 amide bonds. The number of hydrogen-bond donors (Lipinski definition) is 0. The summed E-state index contributed by atoms with van der Waals surface area (Å²) < 4.78 is 11.3. The quantitative estimate of drug-likeness (QED) is 0.727. The normalized spacial score (nSPS) is 22.6. The predicted octanol–water partition coefficient (Wildman–Crippen LogP) is 3.10. The molecule has 1 aliphatic heterocycles. The standard InChI is InChI=1S/C15H26N2O3/c1-14(2,3)20-13(18)17-10-8-15(4,12-17)19-11-7-5-6-9-16/h5-8,10-12H2,1-4H3. The van der Waals surface area contributed by atoms with Crippen LogP contribution in [0.1, 0.15) is 53.4 Å². The van der Waals surface area contributed by atoms with Crippen LogP contribution in [0.5, 0.6) is 0 Å². The van der Waals surface area contributed by atoms with Crippen LogP contribution in [0.4, 0.5) is 4.79 Å². The van der Waals surface area contributed by atoms with Gasteiger partial charge in [-0.05, 0) is 47.0 Å². The summed E-state index contributed by atoms with van der Waals surface area (Å²) in [6.07, 6.45) is 2.88. The summed E-state index contributed by atoms with van der Waals surface area (Å²) in [5.74, 6) is 0. The molecule has 1 heterocycles. The number of carbonyl (C=O) groups is 1. The molecule has 1 unspecified atom stereocenters. The van der Waals surface area contributed by atoms with Gasteiger partial charge in [0.25, 0.3) is 0 Å². The average molecular weight is 282 g/mol. The lowest BCUT2D eigenvalue weighted by atomic mass is 10.1. The molecular weight excluding hydrogens is 256 g/mol. The molecule has 0 aromatic carbocycles. The number of nitriles is 1. The van der Waals surface area contributed by atoms with Crippen LogP contribution in [0.3, 0.4) is 0 Å². The Bertz CT molecular complexity index is 370. The van der Waals surface area contributed by atoms with Crippen molar-refractivity contribution in [3.8, 4) is 6.07 Å². The number of hydrogen-bond acceptors (Lipinski definition) is 4. The second-order valence-corrected chi connectivity index (χ2v) is 6.57. The minimum absolute atomic E-state index is 0.269. The van der Waals surface area contributed by atoms with Gasteiger partial charge in [-0.2, -0.15) is 5.26 Å².